The van der Waals surface area contributed by atoms with Crippen LogP contribution in [-0.4, -0.2) is 27.2 Å². The zero-order chi connectivity index (χ0) is 15.4. The first-order valence-corrected chi connectivity index (χ1v) is 7.98. The van der Waals surface area contributed by atoms with Gasteiger partial charge in [0.2, 0.25) is 0 Å². The normalized spacial score (nSPS) is 14.8. The smallest absolute Gasteiger partial charge is 0.259 e. The number of rotatable bonds is 4. The molecule has 1 saturated heterocycles. The second kappa shape index (κ2) is 6.72. The van der Waals surface area contributed by atoms with E-state index in [4.69, 9.17) is 17.0 Å². The topological polar surface area (TPSA) is 41.9 Å². The summed E-state index contributed by atoms with van der Waals surface area (Å²) in [5.74, 6) is 1.74. The van der Waals surface area contributed by atoms with E-state index < -0.39 is 0 Å². The molecule has 0 aliphatic carbocycles. The highest BCUT2D eigenvalue weighted by Gasteiger charge is 2.25. The number of hydrogen-bond donors (Lipinski definition) is 0. The maximum Gasteiger partial charge on any atom is 0.259 e. The molecule has 22 heavy (non-hydrogen) atoms. The monoisotopic (exact) mass is 328 g/mol. The maximum absolute atomic E-state index is 11.6. The van der Waals surface area contributed by atoms with E-state index in [9.17, 15) is 4.79 Å². The summed E-state index contributed by atoms with van der Waals surface area (Å²) in [6.45, 7) is 0. The zero-order valence-electron chi connectivity index (χ0n) is 11.5. The van der Waals surface area contributed by atoms with Gasteiger partial charge in [-0.3, -0.25) is 4.79 Å². The van der Waals surface area contributed by atoms with Crippen molar-refractivity contribution in [3.05, 3.63) is 60.2 Å². The molecule has 0 N–H and O–H groups in total. The molecule has 2 aromatic carbocycles. The van der Waals surface area contributed by atoms with Crippen LogP contribution in [0.4, 0.5) is 0 Å². The molecule has 0 bridgehead atoms. The van der Waals surface area contributed by atoms with Crippen molar-refractivity contribution in [3.8, 4) is 11.5 Å². The lowest BCUT2D eigenvalue weighted by atomic mass is 10.2. The molecule has 0 unspecified atom stereocenters. The maximum atomic E-state index is 11.6. The molecule has 3 rings (SSSR count). The Bertz CT molecular complexity index is 716. The first-order chi connectivity index (χ1) is 10.7. The lowest BCUT2D eigenvalue weighted by Crippen LogP contribution is -2.22. The zero-order valence-corrected chi connectivity index (χ0v) is 13.1. The van der Waals surface area contributed by atoms with E-state index in [0.29, 0.717) is 15.8 Å². The highest BCUT2D eigenvalue weighted by atomic mass is 32.2. The Balaban J connectivity index is 1.74. The molecule has 1 heterocycles. The highest BCUT2D eigenvalue weighted by molar-refractivity contribution is 8.23. The largest absolute Gasteiger partial charge is 0.457 e. The molecule has 0 aromatic heterocycles. The average Bonchev–Trinajstić information content (AvgIpc) is 2.85. The summed E-state index contributed by atoms with van der Waals surface area (Å²) < 4.78 is 6.25. The van der Waals surface area contributed by atoms with Gasteiger partial charge in [0.15, 0.2) is 4.32 Å². The number of thiocarbonyl (C=S) groups is 1. The van der Waals surface area contributed by atoms with Gasteiger partial charge in [-0.05, 0) is 29.8 Å². The number of ether oxygens (including phenoxy) is 1. The fourth-order valence-electron chi connectivity index (χ4n) is 1.87. The molecule has 1 fully saturated rings. The van der Waals surface area contributed by atoms with Crippen LogP contribution in [0, 0.1) is 0 Å². The third-order valence-electron chi connectivity index (χ3n) is 2.89. The molecular formula is C16H12N2O2S2. The van der Waals surface area contributed by atoms with E-state index in [1.54, 1.807) is 6.21 Å². The molecule has 110 valence electrons. The molecule has 0 spiro atoms. The number of amides is 1. The van der Waals surface area contributed by atoms with Crippen molar-refractivity contribution in [2.75, 3.05) is 5.75 Å². The number of carbonyl (C=O) groups is 1. The van der Waals surface area contributed by atoms with Crippen LogP contribution < -0.4 is 4.74 Å². The van der Waals surface area contributed by atoms with Gasteiger partial charge in [-0.25, -0.2) is 0 Å². The van der Waals surface area contributed by atoms with Crippen LogP contribution >= 0.6 is 24.0 Å². The van der Waals surface area contributed by atoms with E-state index in [2.05, 4.69) is 5.10 Å². The number of nitrogens with zero attached hydrogens (tertiary/aromatic N) is 2. The predicted molar refractivity (Wildman–Crippen MR) is 92.5 cm³/mol. The van der Waals surface area contributed by atoms with E-state index in [1.165, 1.54) is 16.8 Å². The molecule has 1 aliphatic rings. The van der Waals surface area contributed by atoms with Crippen molar-refractivity contribution in [3.63, 3.8) is 0 Å². The Morgan fingerprint density at radius 3 is 2.64 bits per heavy atom. The number of thioether (sulfide) groups is 1. The van der Waals surface area contributed by atoms with Crippen molar-refractivity contribution in [1.29, 1.82) is 0 Å². The second-order valence-electron chi connectivity index (χ2n) is 4.49. The van der Waals surface area contributed by atoms with Gasteiger partial charge in [-0.1, -0.05) is 54.3 Å². The van der Waals surface area contributed by atoms with Gasteiger partial charge in [0, 0.05) is 0 Å². The number of para-hydroxylation sites is 1. The summed E-state index contributed by atoms with van der Waals surface area (Å²) in [6.07, 6.45) is 1.61. The Hall–Kier alpha value is -2.18. The molecule has 2 aromatic rings. The van der Waals surface area contributed by atoms with Crippen LogP contribution in [-0.2, 0) is 4.79 Å². The Labute approximate surface area is 137 Å². The summed E-state index contributed by atoms with van der Waals surface area (Å²) in [5.41, 5.74) is 0.834. The fourth-order valence-corrected chi connectivity index (χ4v) is 2.83. The van der Waals surface area contributed by atoms with Crippen molar-refractivity contribution in [2.24, 2.45) is 5.10 Å². The van der Waals surface area contributed by atoms with Gasteiger partial charge in [0.05, 0.1) is 12.0 Å². The van der Waals surface area contributed by atoms with E-state index in [-0.39, 0.29) is 5.91 Å². The molecule has 0 radical (unpaired) electrons. The van der Waals surface area contributed by atoms with Gasteiger partial charge >= 0.3 is 0 Å². The minimum absolute atomic E-state index is 0.0945. The first-order valence-electron chi connectivity index (χ1n) is 6.59. The number of benzene rings is 2. The predicted octanol–water partition coefficient (Wildman–Crippen LogP) is 3.67. The average molecular weight is 328 g/mol. The van der Waals surface area contributed by atoms with Crippen LogP contribution in [0.2, 0.25) is 0 Å². The van der Waals surface area contributed by atoms with Crippen LogP contribution in [0.15, 0.2) is 59.7 Å². The summed E-state index contributed by atoms with van der Waals surface area (Å²) >= 11 is 6.40. The van der Waals surface area contributed by atoms with Gasteiger partial charge in [-0.2, -0.15) is 10.1 Å². The van der Waals surface area contributed by atoms with E-state index in [1.807, 2.05) is 54.6 Å². The minimum atomic E-state index is -0.0945. The van der Waals surface area contributed by atoms with Gasteiger partial charge in [0.25, 0.3) is 5.91 Å². The van der Waals surface area contributed by atoms with Crippen LogP contribution in [0.1, 0.15) is 5.56 Å². The lowest BCUT2D eigenvalue weighted by molar-refractivity contribution is -0.123. The van der Waals surface area contributed by atoms with Crippen molar-refractivity contribution in [2.45, 2.75) is 0 Å². The summed E-state index contributed by atoms with van der Waals surface area (Å²) in [7, 11) is 0. The number of hydrogen-bond acceptors (Lipinski definition) is 5. The molecule has 1 amide bonds. The van der Waals surface area contributed by atoms with Crippen molar-refractivity contribution in [1.82, 2.24) is 5.01 Å². The summed E-state index contributed by atoms with van der Waals surface area (Å²) in [6, 6.07) is 17.0. The minimum Gasteiger partial charge on any atom is -0.457 e. The van der Waals surface area contributed by atoms with Crippen LogP contribution in [0.5, 0.6) is 11.5 Å². The van der Waals surface area contributed by atoms with Crippen molar-refractivity contribution < 1.29 is 9.53 Å². The molecule has 1 aliphatic heterocycles. The molecule has 4 nitrogen and oxygen atoms in total. The molecule has 0 saturated carbocycles. The highest BCUT2D eigenvalue weighted by Crippen LogP contribution is 2.22. The van der Waals surface area contributed by atoms with E-state index >= 15 is 0 Å². The van der Waals surface area contributed by atoms with Gasteiger partial charge in [0.1, 0.15) is 11.5 Å². The van der Waals surface area contributed by atoms with Crippen molar-refractivity contribution >= 4 is 40.4 Å². The molecule has 0 atom stereocenters. The number of carbonyl (C=O) groups excluding carboxylic acids is 1. The summed E-state index contributed by atoms with van der Waals surface area (Å²) in [4.78, 5) is 11.6. The third kappa shape index (κ3) is 3.52. The first kappa shape index (κ1) is 14.7. The number of hydrazone groups is 1. The summed E-state index contributed by atoms with van der Waals surface area (Å²) in [5, 5.41) is 5.40. The second-order valence-corrected chi connectivity index (χ2v) is 6.10. The standard InChI is InChI=1S/C16H12N2O2S2/c19-15-11-22-16(21)18(15)17-10-12-5-4-8-14(9-12)20-13-6-2-1-3-7-13/h1-10H,11H2/b17-10-. The molecular weight excluding hydrogens is 316 g/mol. The van der Waals surface area contributed by atoms with Crippen LogP contribution in [0.25, 0.3) is 0 Å². The van der Waals surface area contributed by atoms with Gasteiger partial charge in [-0.15, -0.1) is 0 Å². The SMILES string of the molecule is O=C1CSC(=S)N1/N=C\c1cccc(Oc2ccccc2)c1. The Kier molecular flexibility index (Phi) is 4.50. The Morgan fingerprint density at radius 1 is 1.14 bits per heavy atom. The molecule has 6 heteroatoms. The van der Waals surface area contributed by atoms with Crippen LogP contribution in [0.3, 0.4) is 0 Å². The lowest BCUT2D eigenvalue weighted by Gasteiger charge is -2.07. The Morgan fingerprint density at radius 2 is 1.91 bits per heavy atom. The van der Waals surface area contributed by atoms with Gasteiger partial charge < -0.3 is 4.74 Å². The van der Waals surface area contributed by atoms with E-state index in [0.717, 1.165) is 11.3 Å². The quantitative estimate of drug-likeness (QED) is 0.634. The fraction of sp³-hybridized carbons (Fsp3) is 0.0625. The third-order valence-corrected chi connectivity index (χ3v) is 4.23.